The van der Waals surface area contributed by atoms with Crippen LogP contribution in [0.15, 0.2) is 53.0 Å². The van der Waals surface area contributed by atoms with Gasteiger partial charge in [0.15, 0.2) is 5.78 Å². The molecule has 0 heterocycles. The van der Waals surface area contributed by atoms with Gasteiger partial charge in [0.25, 0.3) is 0 Å². The molecule has 2 aromatic rings. The van der Waals surface area contributed by atoms with Crippen molar-refractivity contribution in [3.05, 3.63) is 69.7 Å². The van der Waals surface area contributed by atoms with Crippen molar-refractivity contribution in [2.45, 2.75) is 12.8 Å². The molecule has 3 heteroatoms. The summed E-state index contributed by atoms with van der Waals surface area (Å²) >= 11 is 8.24. The number of rotatable bonds is 5. The Labute approximate surface area is 126 Å². The van der Waals surface area contributed by atoms with E-state index < -0.39 is 0 Å². The maximum atomic E-state index is 12.0. The Morgan fingerprint density at radius 1 is 1.16 bits per heavy atom. The molecule has 0 unspecified atom stereocenters. The fraction of sp³-hybridized carbons (Fsp3) is 0.125. The predicted molar refractivity (Wildman–Crippen MR) is 86.0 cm³/mol. The standard InChI is InChI=1S/C16H13BrOS/c17-15-3-1-2-14(10-15)16(18)9-8-12-4-6-13(11-19)7-5-12/h1-7,10-11H,8-9H2. The van der Waals surface area contributed by atoms with Crippen LogP contribution in [0.25, 0.3) is 0 Å². The van der Waals surface area contributed by atoms with Gasteiger partial charge in [-0.25, -0.2) is 0 Å². The van der Waals surface area contributed by atoms with E-state index in [4.69, 9.17) is 12.2 Å². The maximum absolute atomic E-state index is 12.0. The quantitative estimate of drug-likeness (QED) is 0.587. The minimum Gasteiger partial charge on any atom is -0.294 e. The lowest BCUT2D eigenvalue weighted by Gasteiger charge is -2.03. The van der Waals surface area contributed by atoms with Crippen LogP contribution in [0.4, 0.5) is 0 Å². The molecule has 0 saturated heterocycles. The molecule has 96 valence electrons. The molecule has 19 heavy (non-hydrogen) atoms. The monoisotopic (exact) mass is 332 g/mol. The highest BCUT2D eigenvalue weighted by Gasteiger charge is 2.06. The number of halogens is 1. The van der Waals surface area contributed by atoms with Crippen LogP contribution < -0.4 is 0 Å². The van der Waals surface area contributed by atoms with Crippen LogP contribution in [0.5, 0.6) is 0 Å². The predicted octanol–water partition coefficient (Wildman–Crippen LogP) is 4.61. The van der Waals surface area contributed by atoms with Gasteiger partial charge < -0.3 is 0 Å². The Morgan fingerprint density at radius 2 is 1.89 bits per heavy atom. The summed E-state index contributed by atoms with van der Waals surface area (Å²) in [7, 11) is 0. The summed E-state index contributed by atoms with van der Waals surface area (Å²) in [5, 5.41) is 1.65. The smallest absolute Gasteiger partial charge is 0.163 e. The lowest BCUT2D eigenvalue weighted by molar-refractivity contribution is 0.0983. The molecule has 1 nitrogen and oxygen atoms in total. The van der Waals surface area contributed by atoms with Crippen molar-refractivity contribution in [2.24, 2.45) is 0 Å². The molecule has 0 spiro atoms. The van der Waals surface area contributed by atoms with E-state index >= 15 is 0 Å². The normalized spacial score (nSPS) is 10.2. The minimum atomic E-state index is 0.167. The molecule has 2 aromatic carbocycles. The highest BCUT2D eigenvalue weighted by atomic mass is 79.9. The molecule has 0 aromatic heterocycles. The Bertz CT molecular complexity index is 590. The summed E-state index contributed by atoms with van der Waals surface area (Å²) in [5.41, 5.74) is 2.94. The molecule has 0 bridgehead atoms. The number of Topliss-reactive ketones (excluding diaryl/α,β-unsaturated/α-hetero) is 1. The Hall–Kier alpha value is -1.32. The number of carbonyl (C=O) groups is 1. The first-order valence-electron chi connectivity index (χ1n) is 6.02. The van der Waals surface area contributed by atoms with Gasteiger partial charge >= 0.3 is 0 Å². The van der Waals surface area contributed by atoms with E-state index in [0.29, 0.717) is 6.42 Å². The first-order valence-corrected chi connectivity index (χ1v) is 7.28. The van der Waals surface area contributed by atoms with Gasteiger partial charge in [0.1, 0.15) is 0 Å². The third kappa shape index (κ3) is 4.08. The average Bonchev–Trinajstić information content (AvgIpc) is 2.45. The number of hydrogen-bond acceptors (Lipinski definition) is 2. The summed E-state index contributed by atoms with van der Waals surface area (Å²) in [4.78, 5) is 12.0. The molecule has 0 fully saturated rings. The highest BCUT2D eigenvalue weighted by Crippen LogP contribution is 2.14. The molecule has 0 aliphatic carbocycles. The Morgan fingerprint density at radius 3 is 2.53 bits per heavy atom. The average molecular weight is 333 g/mol. The van der Waals surface area contributed by atoms with Crippen molar-refractivity contribution in [1.82, 2.24) is 0 Å². The van der Waals surface area contributed by atoms with Crippen molar-refractivity contribution in [2.75, 3.05) is 0 Å². The van der Waals surface area contributed by atoms with Gasteiger partial charge in [-0.1, -0.05) is 64.5 Å². The van der Waals surface area contributed by atoms with Crippen LogP contribution >= 0.6 is 28.1 Å². The molecule has 0 atom stereocenters. The zero-order chi connectivity index (χ0) is 13.7. The van der Waals surface area contributed by atoms with Crippen molar-refractivity contribution < 1.29 is 4.79 Å². The lowest BCUT2D eigenvalue weighted by atomic mass is 10.0. The number of thiocarbonyl (C=S) groups is 1. The SMILES string of the molecule is O=C(CCc1ccc(C=S)cc1)c1cccc(Br)c1. The lowest BCUT2D eigenvalue weighted by Crippen LogP contribution is -2.01. The fourth-order valence-electron chi connectivity index (χ4n) is 1.83. The Balaban J connectivity index is 1.98. The van der Waals surface area contributed by atoms with Gasteiger partial charge in [0.05, 0.1) is 0 Å². The summed E-state index contributed by atoms with van der Waals surface area (Å²) in [6, 6.07) is 15.5. The summed E-state index contributed by atoms with van der Waals surface area (Å²) in [6.45, 7) is 0. The molecule has 0 radical (unpaired) electrons. The van der Waals surface area contributed by atoms with Crippen LogP contribution in [-0.2, 0) is 6.42 Å². The third-order valence-corrected chi connectivity index (χ3v) is 3.67. The van der Waals surface area contributed by atoms with Gasteiger partial charge in [-0.15, -0.1) is 0 Å². The van der Waals surface area contributed by atoms with E-state index in [9.17, 15) is 4.79 Å². The largest absolute Gasteiger partial charge is 0.294 e. The van der Waals surface area contributed by atoms with Crippen molar-refractivity contribution in [3.8, 4) is 0 Å². The molecule has 0 N–H and O–H groups in total. The fourth-order valence-corrected chi connectivity index (χ4v) is 2.38. The van der Waals surface area contributed by atoms with E-state index in [0.717, 1.165) is 27.6 Å². The second kappa shape index (κ2) is 6.73. The van der Waals surface area contributed by atoms with Crippen LogP contribution in [0.2, 0.25) is 0 Å². The van der Waals surface area contributed by atoms with Gasteiger partial charge in [-0.3, -0.25) is 4.79 Å². The number of ketones is 1. The zero-order valence-electron chi connectivity index (χ0n) is 10.3. The highest BCUT2D eigenvalue weighted by molar-refractivity contribution is 9.10. The molecule has 0 saturated carbocycles. The van der Waals surface area contributed by atoms with Crippen molar-refractivity contribution >= 4 is 39.3 Å². The number of carbonyl (C=O) groups excluding carboxylic acids is 1. The Kier molecular flexibility index (Phi) is 5.00. The summed E-state index contributed by atoms with van der Waals surface area (Å²) < 4.78 is 0.934. The van der Waals surface area contributed by atoms with E-state index in [-0.39, 0.29) is 5.78 Å². The van der Waals surface area contributed by atoms with E-state index in [1.54, 1.807) is 5.37 Å². The number of aryl methyl sites for hydroxylation is 1. The van der Waals surface area contributed by atoms with Gasteiger partial charge in [-0.2, -0.15) is 0 Å². The molecular formula is C16H13BrOS. The molecular weight excluding hydrogens is 320 g/mol. The summed E-state index contributed by atoms with van der Waals surface area (Å²) in [5.74, 6) is 0.167. The maximum Gasteiger partial charge on any atom is 0.163 e. The zero-order valence-corrected chi connectivity index (χ0v) is 12.7. The first kappa shape index (κ1) is 14.1. The van der Waals surface area contributed by atoms with Crippen LogP contribution in [0, 0.1) is 0 Å². The number of hydrogen-bond donors (Lipinski definition) is 0. The van der Waals surface area contributed by atoms with Crippen molar-refractivity contribution in [1.29, 1.82) is 0 Å². The summed E-state index contributed by atoms with van der Waals surface area (Å²) in [6.07, 6.45) is 1.27. The van der Waals surface area contributed by atoms with E-state index in [1.807, 2.05) is 48.5 Å². The van der Waals surface area contributed by atoms with E-state index in [1.165, 1.54) is 0 Å². The van der Waals surface area contributed by atoms with E-state index in [2.05, 4.69) is 15.9 Å². The third-order valence-electron chi connectivity index (χ3n) is 2.90. The molecule has 0 aliphatic heterocycles. The topological polar surface area (TPSA) is 17.1 Å². The molecule has 2 rings (SSSR count). The molecule has 0 aliphatic rings. The van der Waals surface area contributed by atoms with Crippen LogP contribution in [0.3, 0.4) is 0 Å². The van der Waals surface area contributed by atoms with Crippen LogP contribution in [-0.4, -0.2) is 11.2 Å². The van der Waals surface area contributed by atoms with Gasteiger partial charge in [0, 0.05) is 21.8 Å². The second-order valence-corrected chi connectivity index (χ2v) is 5.44. The van der Waals surface area contributed by atoms with Crippen LogP contribution in [0.1, 0.15) is 27.9 Å². The second-order valence-electron chi connectivity index (χ2n) is 4.29. The van der Waals surface area contributed by atoms with Gasteiger partial charge in [-0.05, 0) is 29.7 Å². The number of benzene rings is 2. The minimum absolute atomic E-state index is 0.167. The van der Waals surface area contributed by atoms with Crippen molar-refractivity contribution in [3.63, 3.8) is 0 Å². The first-order chi connectivity index (χ1) is 9.19. The molecule has 0 amide bonds. The van der Waals surface area contributed by atoms with Gasteiger partial charge in [0.2, 0.25) is 0 Å².